The summed E-state index contributed by atoms with van der Waals surface area (Å²) in [5, 5.41) is 13.2. The van der Waals surface area contributed by atoms with E-state index in [0.29, 0.717) is 24.9 Å². The largest absolute Gasteiger partial charge is 0.329 e. The maximum Gasteiger partial charge on any atom is 0.0962 e. The summed E-state index contributed by atoms with van der Waals surface area (Å²) in [6.45, 7) is 4.28. The van der Waals surface area contributed by atoms with Gasteiger partial charge in [0.25, 0.3) is 0 Å². The van der Waals surface area contributed by atoms with E-state index in [9.17, 15) is 4.91 Å². The third-order valence-corrected chi connectivity index (χ3v) is 2.12. The van der Waals surface area contributed by atoms with Crippen LogP contribution in [0.4, 0.5) is 0 Å². The molecule has 4 N–H and O–H groups in total. The van der Waals surface area contributed by atoms with Crippen molar-refractivity contribution in [2.75, 3.05) is 39.3 Å². The molecule has 0 aliphatic carbocycles. The molecule has 1 saturated heterocycles. The van der Waals surface area contributed by atoms with Crippen LogP contribution in [0.5, 0.6) is 0 Å². The van der Waals surface area contributed by atoms with Gasteiger partial charge in [0.2, 0.25) is 0 Å². The molecule has 1 fully saturated rings. The molecule has 1 aliphatic rings. The number of halogens is 1. The number of hydrogen-bond acceptors (Lipinski definition) is 10. The maximum absolute atomic E-state index is 9.96. The summed E-state index contributed by atoms with van der Waals surface area (Å²) >= 11 is 0. The second-order valence-electron chi connectivity index (χ2n) is 3.33. The summed E-state index contributed by atoms with van der Waals surface area (Å²) in [7, 11) is -4.69. The first-order chi connectivity index (χ1) is 8.27. The number of hydrogen-bond donors (Lipinski definition) is 3. The van der Waals surface area contributed by atoms with Gasteiger partial charge in [-0.1, -0.05) is 5.28 Å². The van der Waals surface area contributed by atoms with Gasteiger partial charge in [-0.15, -0.1) is 4.91 Å². The third kappa shape index (κ3) is 12.7. The average Bonchev–Trinajstić information content (AvgIpc) is 2.27. The van der Waals surface area contributed by atoms with Crippen LogP contribution in [0.25, 0.3) is 0 Å². The molecule has 0 spiro atoms. The van der Waals surface area contributed by atoms with Crippen molar-refractivity contribution < 1.29 is 51.2 Å². The van der Waals surface area contributed by atoms with E-state index in [4.69, 9.17) is 29.6 Å². The Morgan fingerprint density at radius 3 is 2.00 bits per heavy atom. The topological polar surface area (TPSA) is 175 Å². The Morgan fingerprint density at radius 1 is 1.26 bits per heavy atom. The van der Waals surface area contributed by atoms with E-state index in [1.807, 2.05) is 0 Å². The van der Waals surface area contributed by atoms with Crippen LogP contribution < -0.4 is 19.7 Å². The number of rotatable bonds is 4. The molecule has 13 heteroatoms. The maximum atomic E-state index is 9.96. The number of hydrazine groups is 1. The predicted molar refractivity (Wildman–Crippen MR) is 48.7 cm³/mol. The normalized spacial score (nSPS) is 16.9. The van der Waals surface area contributed by atoms with Crippen molar-refractivity contribution in [1.82, 2.24) is 15.2 Å². The quantitative estimate of drug-likeness (QED) is 0.251. The van der Waals surface area contributed by atoms with Crippen LogP contribution in [0.15, 0.2) is 5.29 Å². The van der Waals surface area contributed by atoms with Gasteiger partial charge in [-0.25, -0.2) is 0 Å². The zero-order chi connectivity index (χ0) is 14.2. The van der Waals surface area contributed by atoms with Crippen molar-refractivity contribution in [2.45, 2.75) is 0 Å². The summed E-state index contributed by atoms with van der Waals surface area (Å²) in [4.78, 5) is 12.1. The molecular weight excluding hydrogens is 337 g/mol. The molecule has 1 aliphatic heterocycles. The van der Waals surface area contributed by atoms with Gasteiger partial charge in [0.1, 0.15) is 0 Å². The fourth-order valence-electron chi connectivity index (χ4n) is 1.37. The molecule has 119 valence electrons. The zero-order valence-corrected chi connectivity index (χ0v) is 11.5. The monoisotopic (exact) mass is 352 g/mol. The Bertz CT molecular complexity index is 233. The van der Waals surface area contributed by atoms with E-state index >= 15 is 0 Å². The van der Waals surface area contributed by atoms with Gasteiger partial charge in [-0.3, -0.25) is 10.1 Å². The number of nitrogens with two attached hydrogens (primary N) is 1. The zero-order valence-electron chi connectivity index (χ0n) is 9.82. The molecule has 1 radical (unpaired) electrons. The van der Waals surface area contributed by atoms with Gasteiger partial charge in [0.15, 0.2) is 0 Å². The van der Waals surface area contributed by atoms with Crippen molar-refractivity contribution in [2.24, 2.45) is 11.0 Å². The van der Waals surface area contributed by atoms with E-state index in [0.717, 1.165) is 19.6 Å². The van der Waals surface area contributed by atoms with Crippen molar-refractivity contribution in [3.8, 4) is 0 Å². The Hall–Kier alpha value is -0.111. The average molecular weight is 353 g/mol. The summed E-state index contributed by atoms with van der Waals surface area (Å²) in [6.07, 6.45) is 0. The molecule has 0 aromatic heterocycles. The molecule has 0 bridgehead atoms. The molecule has 0 unspecified atom stereocenters. The molecule has 0 saturated carbocycles. The standard InChI is InChI=1S/C6H15N5O2.ClHO4.Cu/c7-1-2-9-3-5-10(6-4-9)11(13)8-12;2-1(3,4)5;/h13H,1-7H2;(H,2,3,4,5);. The van der Waals surface area contributed by atoms with Crippen molar-refractivity contribution in [3.05, 3.63) is 4.91 Å². The molecule has 1 rings (SSSR count). The molecule has 19 heavy (non-hydrogen) atoms. The Kier molecular flexibility index (Phi) is 11.9. The Morgan fingerprint density at radius 2 is 1.68 bits per heavy atom. The number of piperazine rings is 1. The molecule has 0 aromatic carbocycles. The molecule has 0 aromatic rings. The molecule has 1 heterocycles. The summed E-state index contributed by atoms with van der Waals surface area (Å²) < 4.78 is 32.7. The minimum absolute atomic E-state index is 0. The first kappa shape index (κ1) is 21.2. The first-order valence-corrected chi connectivity index (χ1v) is 6.17. The van der Waals surface area contributed by atoms with Gasteiger partial charge in [-0.05, 0) is 0 Å². The van der Waals surface area contributed by atoms with Crippen molar-refractivity contribution in [1.29, 1.82) is 0 Å². The van der Waals surface area contributed by atoms with Gasteiger partial charge >= 0.3 is 0 Å². The van der Waals surface area contributed by atoms with E-state index in [1.165, 1.54) is 5.01 Å². The van der Waals surface area contributed by atoms with Crippen LogP contribution in [0, 0.1) is 15.2 Å². The summed E-state index contributed by atoms with van der Waals surface area (Å²) in [5.41, 5.74) is 5.40. The van der Waals surface area contributed by atoms with E-state index < -0.39 is 10.2 Å². The van der Waals surface area contributed by atoms with Gasteiger partial charge in [0.05, 0.1) is 20.2 Å². The van der Waals surface area contributed by atoms with Crippen molar-refractivity contribution in [3.63, 3.8) is 0 Å². The van der Waals surface area contributed by atoms with Crippen LogP contribution in [0.1, 0.15) is 0 Å². The minimum atomic E-state index is -4.69. The molecular formula is C6H16ClCuN5O6. The van der Waals surface area contributed by atoms with Crippen LogP contribution in [0.2, 0.25) is 0 Å². The van der Waals surface area contributed by atoms with E-state index in [2.05, 4.69) is 10.2 Å². The second-order valence-corrected chi connectivity index (χ2v) is 4.12. The van der Waals surface area contributed by atoms with Crippen LogP contribution in [-0.4, -0.2) is 64.3 Å². The van der Waals surface area contributed by atoms with Gasteiger partial charge < -0.3 is 5.73 Å². The van der Waals surface area contributed by atoms with Crippen LogP contribution in [0.3, 0.4) is 0 Å². The number of nitroso groups, excluding NO2 is 1. The van der Waals surface area contributed by atoms with Crippen LogP contribution in [-0.2, 0) is 17.1 Å². The molecule has 0 amide bonds. The van der Waals surface area contributed by atoms with Gasteiger partial charge in [0, 0.05) is 56.3 Å². The SMILES string of the molecule is NCCN1CCN(N(O)N=O)CC1.[Cu].[O-][Cl+3]([O-])([O-])O. The molecule has 0 atom stereocenters. The summed E-state index contributed by atoms with van der Waals surface area (Å²) in [6, 6.07) is 0. The smallest absolute Gasteiger partial charge is 0.0962 e. The predicted octanol–water partition coefficient (Wildman–Crippen LogP) is -5.28. The summed E-state index contributed by atoms with van der Waals surface area (Å²) in [5.74, 6) is 0. The third-order valence-electron chi connectivity index (χ3n) is 2.12. The molecule has 11 nitrogen and oxygen atoms in total. The second kappa shape index (κ2) is 10.7. The fourth-order valence-corrected chi connectivity index (χ4v) is 1.37. The number of nitrogens with zero attached hydrogens (tertiary/aromatic N) is 4. The first-order valence-electron chi connectivity index (χ1n) is 4.90. The van der Waals surface area contributed by atoms with E-state index in [-0.39, 0.29) is 17.1 Å². The van der Waals surface area contributed by atoms with Crippen LogP contribution >= 0.6 is 0 Å². The van der Waals surface area contributed by atoms with Gasteiger partial charge in [-0.2, -0.15) is 19.0 Å². The Balaban J connectivity index is 0. The fraction of sp³-hybridized carbons (Fsp3) is 1.00. The Labute approximate surface area is 122 Å². The minimum Gasteiger partial charge on any atom is -0.329 e. The van der Waals surface area contributed by atoms with E-state index in [1.54, 1.807) is 0 Å². The van der Waals surface area contributed by atoms with Crippen molar-refractivity contribution >= 4 is 0 Å².